The van der Waals surface area contributed by atoms with E-state index in [1.165, 1.54) is 54.2 Å². The monoisotopic (exact) mass is 638 g/mol. The van der Waals surface area contributed by atoms with Crippen molar-refractivity contribution >= 4 is 66.2 Å². The van der Waals surface area contributed by atoms with E-state index >= 15 is 0 Å². The van der Waals surface area contributed by atoms with Gasteiger partial charge in [0.25, 0.3) is 0 Å². The van der Waals surface area contributed by atoms with Crippen LogP contribution in [-0.4, -0.2) is 21.9 Å². The molecule has 4 heterocycles. The van der Waals surface area contributed by atoms with Crippen LogP contribution in [0, 0.1) is 0 Å². The lowest BCUT2D eigenvalue weighted by Crippen LogP contribution is -1.99. The number of benzene rings is 6. The summed E-state index contributed by atoms with van der Waals surface area (Å²) in [5.41, 5.74) is 10.2. The number of aliphatic imine (C=N–C) groups is 2. The van der Waals surface area contributed by atoms with Gasteiger partial charge in [0.05, 0.1) is 22.8 Å². The standard InChI is InChI=1S/C46H30N4/c1-5-15-33-29(11-1)27-30-12-2-6-16-34(30)43(33)45(39-19-9-25-47-39)41-23-21-37(49-41)38-22-24-42(50-38)46(40-20-10-26-48-40)44-35-17-7-3-13-31(35)28-32-14-4-8-18-36(32)44/h1-28,47,50H/b45-41-,46-40+. The van der Waals surface area contributed by atoms with Gasteiger partial charge in [0.15, 0.2) is 0 Å². The lowest BCUT2D eigenvalue weighted by molar-refractivity contribution is 1.29. The Balaban J connectivity index is 1.16. The summed E-state index contributed by atoms with van der Waals surface area (Å²) in [4.78, 5) is 17.4. The fraction of sp³-hybridized carbons (Fsp3) is 0. The average molecular weight is 639 g/mol. The van der Waals surface area contributed by atoms with Crippen LogP contribution in [0.3, 0.4) is 0 Å². The molecule has 10 rings (SSSR count). The van der Waals surface area contributed by atoms with E-state index in [0.717, 1.165) is 45.3 Å². The summed E-state index contributed by atoms with van der Waals surface area (Å²) in [5.74, 6) is 0. The van der Waals surface area contributed by atoms with E-state index in [1.807, 2.05) is 18.5 Å². The fourth-order valence-corrected chi connectivity index (χ4v) is 7.64. The highest BCUT2D eigenvalue weighted by Gasteiger charge is 2.23. The van der Waals surface area contributed by atoms with Crippen molar-refractivity contribution in [3.63, 3.8) is 0 Å². The summed E-state index contributed by atoms with van der Waals surface area (Å²) in [6.45, 7) is 0. The summed E-state index contributed by atoms with van der Waals surface area (Å²) in [7, 11) is 0. The molecule has 4 nitrogen and oxygen atoms in total. The molecule has 0 bridgehead atoms. The molecule has 2 aromatic heterocycles. The Kier molecular flexibility index (Phi) is 6.46. The van der Waals surface area contributed by atoms with Crippen LogP contribution in [0.4, 0.5) is 0 Å². The number of allylic oxidation sites excluding steroid dienone is 4. The smallest absolute Gasteiger partial charge is 0.0872 e. The van der Waals surface area contributed by atoms with Gasteiger partial charge in [-0.2, -0.15) is 0 Å². The second-order valence-corrected chi connectivity index (χ2v) is 12.7. The fourth-order valence-electron chi connectivity index (χ4n) is 7.64. The largest absolute Gasteiger partial charge is 0.361 e. The number of aromatic nitrogens is 2. The van der Waals surface area contributed by atoms with Gasteiger partial charge < -0.3 is 9.97 Å². The molecule has 0 spiro atoms. The molecule has 0 radical (unpaired) electrons. The van der Waals surface area contributed by atoms with E-state index in [0.29, 0.717) is 0 Å². The maximum absolute atomic E-state index is 5.32. The third-order valence-electron chi connectivity index (χ3n) is 9.85. The summed E-state index contributed by atoms with van der Waals surface area (Å²) in [6, 6.07) is 47.5. The van der Waals surface area contributed by atoms with Crippen molar-refractivity contribution in [3.8, 4) is 0 Å². The second kappa shape index (κ2) is 11.4. The SMILES string of the molecule is C1=C/C(=C(/c2ccc(C3=N/C(=C(/c4ccc[nH]4)c4c5ccccc5cc5ccccc45)C=C3)[nH]2)c2c3ccccc3cc3ccccc23)N=C1. The van der Waals surface area contributed by atoms with Crippen molar-refractivity contribution in [3.05, 3.63) is 204 Å². The van der Waals surface area contributed by atoms with Gasteiger partial charge in [0, 0.05) is 46.1 Å². The molecule has 50 heavy (non-hydrogen) atoms. The lowest BCUT2D eigenvalue weighted by atomic mass is 9.89. The zero-order valence-electron chi connectivity index (χ0n) is 27.1. The molecule has 0 saturated heterocycles. The first kappa shape index (κ1) is 28.3. The summed E-state index contributed by atoms with van der Waals surface area (Å²) in [5, 5.41) is 9.61. The quantitative estimate of drug-likeness (QED) is 0.176. The minimum atomic E-state index is 0.887. The van der Waals surface area contributed by atoms with Gasteiger partial charge >= 0.3 is 0 Å². The number of H-pyrrole nitrogens is 2. The first-order valence-corrected chi connectivity index (χ1v) is 16.9. The molecule has 0 fully saturated rings. The summed E-state index contributed by atoms with van der Waals surface area (Å²) < 4.78 is 0. The molecule has 6 aromatic carbocycles. The second-order valence-electron chi connectivity index (χ2n) is 12.7. The van der Waals surface area contributed by atoms with Gasteiger partial charge in [0.1, 0.15) is 0 Å². The Labute approximate surface area is 288 Å². The zero-order chi connectivity index (χ0) is 33.0. The zero-order valence-corrected chi connectivity index (χ0v) is 27.1. The highest BCUT2D eigenvalue weighted by Crippen LogP contribution is 2.41. The van der Waals surface area contributed by atoms with Crippen LogP contribution in [0.25, 0.3) is 54.2 Å². The molecule has 0 aliphatic carbocycles. The molecule has 0 amide bonds. The molecule has 0 unspecified atom stereocenters. The minimum absolute atomic E-state index is 0.887. The van der Waals surface area contributed by atoms with Crippen molar-refractivity contribution in [2.24, 2.45) is 9.98 Å². The van der Waals surface area contributed by atoms with Gasteiger partial charge in [-0.1, -0.05) is 97.1 Å². The number of aromatic amines is 2. The maximum atomic E-state index is 5.32. The molecule has 0 saturated carbocycles. The molecular weight excluding hydrogens is 609 g/mol. The third kappa shape index (κ3) is 4.54. The van der Waals surface area contributed by atoms with E-state index in [-0.39, 0.29) is 0 Å². The van der Waals surface area contributed by atoms with Crippen molar-refractivity contribution in [1.29, 1.82) is 0 Å². The first-order valence-electron chi connectivity index (χ1n) is 16.9. The van der Waals surface area contributed by atoms with Crippen molar-refractivity contribution in [2.75, 3.05) is 0 Å². The lowest BCUT2D eigenvalue weighted by Gasteiger charge is -2.16. The van der Waals surface area contributed by atoms with Crippen LogP contribution < -0.4 is 0 Å². The number of rotatable bonds is 5. The Morgan fingerprint density at radius 3 is 1.56 bits per heavy atom. The molecule has 8 aromatic rings. The number of nitrogens with zero attached hydrogens (tertiary/aromatic N) is 2. The van der Waals surface area contributed by atoms with Gasteiger partial charge in [-0.3, -0.25) is 4.99 Å². The van der Waals surface area contributed by atoms with Crippen molar-refractivity contribution in [2.45, 2.75) is 0 Å². The van der Waals surface area contributed by atoms with E-state index in [2.05, 4.69) is 162 Å². The molecule has 2 aliphatic heterocycles. The molecule has 4 heteroatoms. The summed E-state index contributed by atoms with van der Waals surface area (Å²) in [6.07, 6.45) is 12.2. The minimum Gasteiger partial charge on any atom is -0.361 e. The topological polar surface area (TPSA) is 56.3 Å². The normalized spacial score (nSPS) is 16.0. The van der Waals surface area contributed by atoms with Gasteiger partial charge in [-0.05, 0) is 104 Å². The first-order chi connectivity index (χ1) is 24.8. The van der Waals surface area contributed by atoms with Gasteiger partial charge in [-0.25, -0.2) is 4.99 Å². The predicted molar refractivity (Wildman–Crippen MR) is 210 cm³/mol. The van der Waals surface area contributed by atoms with Crippen LogP contribution >= 0.6 is 0 Å². The summed E-state index contributed by atoms with van der Waals surface area (Å²) >= 11 is 0. The van der Waals surface area contributed by atoms with Crippen LogP contribution in [-0.2, 0) is 0 Å². The average Bonchev–Trinajstić information content (AvgIpc) is 4.01. The molecule has 234 valence electrons. The van der Waals surface area contributed by atoms with E-state index < -0.39 is 0 Å². The van der Waals surface area contributed by atoms with Crippen molar-refractivity contribution < 1.29 is 0 Å². The van der Waals surface area contributed by atoms with Crippen LogP contribution in [0.1, 0.15) is 28.2 Å². The predicted octanol–water partition coefficient (Wildman–Crippen LogP) is 11.2. The highest BCUT2D eigenvalue weighted by atomic mass is 14.9. The maximum Gasteiger partial charge on any atom is 0.0872 e. The Bertz CT molecular complexity index is 2730. The Morgan fingerprint density at radius 2 is 1.04 bits per heavy atom. The number of fused-ring (bicyclic) bond motifs is 4. The Morgan fingerprint density at radius 1 is 0.480 bits per heavy atom. The molecule has 2 N–H and O–H groups in total. The van der Waals surface area contributed by atoms with Gasteiger partial charge in [-0.15, -0.1) is 0 Å². The number of nitrogens with one attached hydrogen (secondary N) is 2. The van der Waals surface area contributed by atoms with E-state index in [4.69, 9.17) is 9.98 Å². The molecule has 2 aliphatic rings. The number of hydrogen-bond acceptors (Lipinski definition) is 2. The van der Waals surface area contributed by atoms with Crippen LogP contribution in [0.2, 0.25) is 0 Å². The van der Waals surface area contributed by atoms with Crippen LogP contribution in [0.15, 0.2) is 185 Å². The Hall–Kier alpha value is -6.78. The van der Waals surface area contributed by atoms with Crippen LogP contribution in [0.5, 0.6) is 0 Å². The molecular formula is C46H30N4. The molecule has 0 atom stereocenters. The third-order valence-corrected chi connectivity index (χ3v) is 9.85. The highest BCUT2D eigenvalue weighted by molar-refractivity contribution is 6.16. The van der Waals surface area contributed by atoms with Gasteiger partial charge in [0.2, 0.25) is 0 Å². The van der Waals surface area contributed by atoms with E-state index in [9.17, 15) is 0 Å². The number of hydrogen-bond donors (Lipinski definition) is 2. The van der Waals surface area contributed by atoms with E-state index in [1.54, 1.807) is 0 Å². The van der Waals surface area contributed by atoms with Crippen molar-refractivity contribution in [1.82, 2.24) is 9.97 Å².